The summed E-state index contributed by atoms with van der Waals surface area (Å²) in [7, 11) is 0. The van der Waals surface area contributed by atoms with Crippen molar-refractivity contribution in [3.63, 3.8) is 0 Å². The summed E-state index contributed by atoms with van der Waals surface area (Å²) in [6, 6.07) is 5.61. The summed E-state index contributed by atoms with van der Waals surface area (Å²) in [4.78, 5) is 25.0. The number of carbonyl (C=O) groups is 2. The highest BCUT2D eigenvalue weighted by molar-refractivity contribution is 5.90. The Balaban J connectivity index is 2.07. The molecule has 1 aliphatic rings. The van der Waals surface area contributed by atoms with E-state index in [9.17, 15) is 14.7 Å². The Morgan fingerprint density at radius 2 is 1.96 bits per heavy atom. The molecule has 0 unspecified atom stereocenters. The van der Waals surface area contributed by atoms with Crippen molar-refractivity contribution in [3.8, 4) is 5.75 Å². The number of benzene rings is 1. The number of nitrogens with one attached hydrogen (secondary N) is 3. The Hall–Kier alpha value is -2.12. The van der Waals surface area contributed by atoms with Crippen LogP contribution < -0.4 is 21.7 Å². The van der Waals surface area contributed by atoms with Crippen molar-refractivity contribution in [1.29, 1.82) is 0 Å². The molecule has 1 aromatic rings. The predicted molar refractivity (Wildman–Crippen MR) is 95.7 cm³/mol. The Morgan fingerprint density at radius 1 is 1.28 bits per heavy atom. The van der Waals surface area contributed by atoms with Gasteiger partial charge in [-0.05, 0) is 43.0 Å². The summed E-state index contributed by atoms with van der Waals surface area (Å²) in [5, 5.41) is 18.1. The Labute approximate surface area is 148 Å². The van der Waals surface area contributed by atoms with E-state index in [1.54, 1.807) is 24.3 Å². The molecule has 25 heavy (non-hydrogen) atoms. The molecule has 1 heterocycles. The summed E-state index contributed by atoms with van der Waals surface area (Å²) in [6.07, 6.45) is 1.57. The molecule has 1 saturated heterocycles. The van der Waals surface area contributed by atoms with Gasteiger partial charge in [-0.1, -0.05) is 26.0 Å². The van der Waals surface area contributed by atoms with Crippen LogP contribution in [0.4, 0.5) is 0 Å². The second-order valence-electron chi connectivity index (χ2n) is 6.86. The van der Waals surface area contributed by atoms with Crippen LogP contribution in [-0.4, -0.2) is 41.7 Å². The summed E-state index contributed by atoms with van der Waals surface area (Å²) in [5.41, 5.74) is 6.77. The Kier molecular flexibility index (Phi) is 6.78. The summed E-state index contributed by atoms with van der Waals surface area (Å²) >= 11 is 0. The van der Waals surface area contributed by atoms with Crippen LogP contribution in [0.3, 0.4) is 0 Å². The van der Waals surface area contributed by atoms with Gasteiger partial charge in [0.25, 0.3) is 0 Å². The maximum absolute atomic E-state index is 12.6. The number of aromatic hydroxyl groups is 1. The predicted octanol–water partition coefficient (Wildman–Crippen LogP) is 0.229. The van der Waals surface area contributed by atoms with Gasteiger partial charge in [-0.25, -0.2) is 0 Å². The molecule has 0 aliphatic carbocycles. The third-order valence-electron chi connectivity index (χ3n) is 4.41. The lowest BCUT2D eigenvalue weighted by Gasteiger charge is -2.24. The van der Waals surface area contributed by atoms with Gasteiger partial charge in [-0.15, -0.1) is 0 Å². The van der Waals surface area contributed by atoms with Crippen molar-refractivity contribution >= 4 is 11.8 Å². The number of phenolic OH excluding ortho intramolecular Hbond substituents is 1. The monoisotopic (exact) mass is 348 g/mol. The largest absolute Gasteiger partial charge is 0.508 e. The molecule has 0 aromatic heterocycles. The zero-order valence-corrected chi connectivity index (χ0v) is 14.8. The molecule has 7 nitrogen and oxygen atoms in total. The second kappa shape index (κ2) is 8.82. The highest BCUT2D eigenvalue weighted by Gasteiger charge is 2.28. The zero-order valence-electron chi connectivity index (χ0n) is 14.8. The van der Waals surface area contributed by atoms with E-state index in [-0.39, 0.29) is 29.5 Å². The molecule has 1 aliphatic heterocycles. The van der Waals surface area contributed by atoms with Gasteiger partial charge in [0.15, 0.2) is 0 Å². The molecular formula is C18H28N4O3. The van der Waals surface area contributed by atoms with Crippen molar-refractivity contribution in [1.82, 2.24) is 16.0 Å². The average molecular weight is 348 g/mol. The maximum Gasteiger partial charge on any atom is 0.244 e. The van der Waals surface area contributed by atoms with E-state index in [1.165, 1.54) is 0 Å². The summed E-state index contributed by atoms with van der Waals surface area (Å²) in [6.45, 7) is 4.65. The number of phenols is 1. The lowest BCUT2D eigenvalue weighted by Crippen LogP contribution is -2.56. The number of carbonyl (C=O) groups excluding carboxylic acids is 2. The van der Waals surface area contributed by atoms with Crippen molar-refractivity contribution in [2.75, 3.05) is 6.54 Å². The SMILES string of the molecule is CC(C)[C@H](N)NC(=O)[C@@H](Cc1ccc(O)cc1)NC(=O)[C@H]1CCCN1. The minimum absolute atomic E-state index is 0.0884. The first-order valence-electron chi connectivity index (χ1n) is 8.74. The second-order valence-corrected chi connectivity index (χ2v) is 6.86. The molecule has 0 saturated carbocycles. The summed E-state index contributed by atoms with van der Waals surface area (Å²) in [5.74, 6) is -0.230. The van der Waals surface area contributed by atoms with Gasteiger partial charge < -0.3 is 26.8 Å². The van der Waals surface area contributed by atoms with E-state index >= 15 is 0 Å². The number of hydrogen-bond acceptors (Lipinski definition) is 5. The number of rotatable bonds is 7. The molecule has 6 N–H and O–H groups in total. The first-order chi connectivity index (χ1) is 11.9. The third kappa shape index (κ3) is 5.72. The van der Waals surface area contributed by atoms with Gasteiger partial charge in [0.1, 0.15) is 11.8 Å². The van der Waals surface area contributed by atoms with E-state index in [0.29, 0.717) is 6.42 Å². The van der Waals surface area contributed by atoms with Gasteiger partial charge >= 0.3 is 0 Å². The normalized spacial score (nSPS) is 19.4. The van der Waals surface area contributed by atoms with Crippen LogP contribution in [-0.2, 0) is 16.0 Å². The van der Waals surface area contributed by atoms with Crippen molar-refractivity contribution in [2.45, 2.75) is 51.4 Å². The molecule has 0 radical (unpaired) electrons. The minimum Gasteiger partial charge on any atom is -0.508 e. The van der Waals surface area contributed by atoms with Gasteiger partial charge in [0.05, 0.1) is 12.2 Å². The van der Waals surface area contributed by atoms with Crippen LogP contribution in [0.25, 0.3) is 0 Å². The number of nitrogens with two attached hydrogens (primary N) is 1. The molecule has 1 aromatic carbocycles. The standard InChI is InChI=1S/C18H28N4O3/c1-11(2)16(19)22-18(25)15(10-12-5-7-13(23)8-6-12)21-17(24)14-4-3-9-20-14/h5-8,11,14-16,20,23H,3-4,9-10,19H2,1-2H3,(H,21,24)(H,22,25)/t14-,15-,16-/m1/s1. The van der Waals surface area contributed by atoms with Gasteiger partial charge in [-0.3, -0.25) is 9.59 Å². The van der Waals surface area contributed by atoms with E-state index in [1.807, 2.05) is 13.8 Å². The maximum atomic E-state index is 12.6. The molecule has 1 fully saturated rings. The topological polar surface area (TPSA) is 116 Å². The smallest absolute Gasteiger partial charge is 0.244 e. The van der Waals surface area contributed by atoms with Crippen LogP contribution in [0.2, 0.25) is 0 Å². The zero-order chi connectivity index (χ0) is 18.4. The molecule has 2 rings (SSSR count). The number of amides is 2. The molecule has 0 bridgehead atoms. The van der Waals surface area contributed by atoms with Crippen molar-refractivity contribution in [2.24, 2.45) is 11.7 Å². The molecule has 3 atom stereocenters. The number of hydrogen-bond donors (Lipinski definition) is 5. The van der Waals surface area contributed by atoms with E-state index < -0.39 is 12.2 Å². The highest BCUT2D eigenvalue weighted by atomic mass is 16.3. The van der Waals surface area contributed by atoms with Crippen LogP contribution in [0.5, 0.6) is 5.75 Å². The fourth-order valence-electron chi connectivity index (χ4n) is 2.69. The average Bonchev–Trinajstić information content (AvgIpc) is 3.10. The molecule has 138 valence electrons. The Morgan fingerprint density at radius 3 is 2.52 bits per heavy atom. The fraction of sp³-hybridized carbons (Fsp3) is 0.556. The first-order valence-corrected chi connectivity index (χ1v) is 8.74. The van der Waals surface area contributed by atoms with Crippen LogP contribution in [0, 0.1) is 5.92 Å². The van der Waals surface area contributed by atoms with Crippen molar-refractivity contribution in [3.05, 3.63) is 29.8 Å². The van der Waals surface area contributed by atoms with Gasteiger partial charge in [-0.2, -0.15) is 0 Å². The van der Waals surface area contributed by atoms with Crippen LogP contribution >= 0.6 is 0 Å². The third-order valence-corrected chi connectivity index (χ3v) is 4.41. The van der Waals surface area contributed by atoms with E-state index in [2.05, 4.69) is 16.0 Å². The van der Waals surface area contributed by atoms with Crippen LogP contribution in [0.15, 0.2) is 24.3 Å². The summed E-state index contributed by atoms with van der Waals surface area (Å²) < 4.78 is 0. The molecule has 2 amide bonds. The van der Waals surface area contributed by atoms with E-state index in [4.69, 9.17) is 5.73 Å². The van der Waals surface area contributed by atoms with Gasteiger partial charge in [0.2, 0.25) is 11.8 Å². The molecule has 7 heteroatoms. The van der Waals surface area contributed by atoms with Crippen molar-refractivity contribution < 1.29 is 14.7 Å². The highest BCUT2D eigenvalue weighted by Crippen LogP contribution is 2.12. The molecule has 0 spiro atoms. The van der Waals surface area contributed by atoms with Gasteiger partial charge in [0, 0.05) is 6.42 Å². The quantitative estimate of drug-likeness (QED) is 0.452. The molecular weight excluding hydrogens is 320 g/mol. The fourth-order valence-corrected chi connectivity index (χ4v) is 2.69. The Bertz CT molecular complexity index is 582. The minimum atomic E-state index is -0.718. The first kappa shape index (κ1) is 19.2. The van der Waals surface area contributed by atoms with E-state index in [0.717, 1.165) is 24.9 Å². The van der Waals surface area contributed by atoms with Crippen LogP contribution in [0.1, 0.15) is 32.3 Å². The lowest BCUT2D eigenvalue weighted by atomic mass is 10.0. The lowest BCUT2D eigenvalue weighted by molar-refractivity contribution is -0.130.